The molecule has 0 saturated carbocycles. The van der Waals surface area contributed by atoms with Crippen molar-refractivity contribution in [2.75, 3.05) is 13.1 Å². The van der Waals surface area contributed by atoms with Crippen LogP contribution in [0.25, 0.3) is 0 Å². The number of nitrogens with zero attached hydrogens (tertiary/aromatic N) is 3. The van der Waals surface area contributed by atoms with Gasteiger partial charge in [0.2, 0.25) is 0 Å². The fraction of sp³-hybridized carbons (Fsp3) is 0.353. The second-order valence-electron chi connectivity index (χ2n) is 5.67. The Morgan fingerprint density at radius 2 is 1.75 bits per heavy atom. The zero-order valence-corrected chi connectivity index (χ0v) is 14.5. The predicted molar refractivity (Wildman–Crippen MR) is 92.2 cm³/mol. The van der Waals surface area contributed by atoms with E-state index in [9.17, 15) is 4.79 Å². The van der Waals surface area contributed by atoms with Gasteiger partial charge in [-0.05, 0) is 18.4 Å². The van der Waals surface area contributed by atoms with Crippen LogP contribution in [0.15, 0.2) is 36.4 Å². The first-order valence-electron chi connectivity index (χ1n) is 7.77. The van der Waals surface area contributed by atoms with Crippen molar-refractivity contribution >= 4 is 29.3 Å². The summed E-state index contributed by atoms with van der Waals surface area (Å²) in [4.78, 5) is 22.3. The Morgan fingerprint density at radius 1 is 1.12 bits per heavy atom. The van der Waals surface area contributed by atoms with Gasteiger partial charge in [0.05, 0.1) is 0 Å². The maximum Gasteiger partial charge on any atom is 0.410 e. The van der Waals surface area contributed by atoms with Crippen molar-refractivity contribution in [1.82, 2.24) is 14.9 Å². The molecule has 2 heterocycles. The number of amides is 1. The molecule has 3 rings (SSSR count). The van der Waals surface area contributed by atoms with Gasteiger partial charge in [-0.1, -0.05) is 53.5 Å². The first-order chi connectivity index (χ1) is 11.6. The van der Waals surface area contributed by atoms with Gasteiger partial charge in [0, 0.05) is 25.1 Å². The van der Waals surface area contributed by atoms with Crippen LogP contribution in [0.3, 0.4) is 0 Å². The Labute approximate surface area is 150 Å². The number of halogens is 2. The molecule has 0 aliphatic carbocycles. The summed E-state index contributed by atoms with van der Waals surface area (Å²) in [5, 5.41) is 0.685. The summed E-state index contributed by atoms with van der Waals surface area (Å²) in [6.07, 6.45) is 1.23. The number of carbonyl (C=O) groups excluding carboxylic acids is 1. The molecule has 0 atom stereocenters. The molecule has 24 heavy (non-hydrogen) atoms. The fourth-order valence-corrected chi connectivity index (χ4v) is 3.16. The van der Waals surface area contributed by atoms with Crippen LogP contribution in [-0.2, 0) is 11.3 Å². The highest BCUT2D eigenvalue weighted by Crippen LogP contribution is 2.27. The minimum atomic E-state index is -0.289. The summed E-state index contributed by atoms with van der Waals surface area (Å²) in [5.41, 5.74) is 0.975. The molecule has 5 nitrogen and oxygen atoms in total. The lowest BCUT2D eigenvalue weighted by Crippen LogP contribution is -2.38. The molecule has 1 aliphatic heterocycles. The molecule has 1 aromatic carbocycles. The van der Waals surface area contributed by atoms with Crippen molar-refractivity contribution in [2.24, 2.45) is 0 Å². The van der Waals surface area contributed by atoms with Gasteiger partial charge in [-0.2, -0.15) is 0 Å². The summed E-state index contributed by atoms with van der Waals surface area (Å²) in [6.45, 7) is 1.49. The number of ether oxygens (including phenoxy) is 1. The summed E-state index contributed by atoms with van der Waals surface area (Å²) < 4.78 is 5.36. The number of rotatable bonds is 3. The molecular formula is C17H17Cl2N3O2. The zero-order valence-electron chi connectivity index (χ0n) is 13.0. The van der Waals surface area contributed by atoms with Crippen molar-refractivity contribution in [3.63, 3.8) is 0 Å². The van der Waals surface area contributed by atoms with Crippen LogP contribution in [0.1, 0.15) is 30.1 Å². The summed E-state index contributed by atoms with van der Waals surface area (Å²) in [5.74, 6) is 0.796. The normalized spacial score (nSPS) is 15.3. The minimum absolute atomic E-state index is 0.152. The molecule has 1 saturated heterocycles. The second kappa shape index (κ2) is 7.81. The third kappa shape index (κ3) is 4.36. The average molecular weight is 366 g/mol. The van der Waals surface area contributed by atoms with Gasteiger partial charge < -0.3 is 9.64 Å². The third-order valence-corrected chi connectivity index (χ3v) is 4.39. The van der Waals surface area contributed by atoms with Gasteiger partial charge in [-0.25, -0.2) is 14.8 Å². The quantitative estimate of drug-likeness (QED) is 0.760. The van der Waals surface area contributed by atoms with Crippen LogP contribution in [0.5, 0.6) is 0 Å². The molecule has 1 amide bonds. The molecule has 7 heteroatoms. The summed E-state index contributed by atoms with van der Waals surface area (Å²) in [7, 11) is 0. The van der Waals surface area contributed by atoms with E-state index in [1.807, 2.05) is 30.3 Å². The lowest BCUT2D eigenvalue weighted by Gasteiger charge is -2.30. The molecule has 0 radical (unpaired) electrons. The van der Waals surface area contributed by atoms with Crippen molar-refractivity contribution in [1.29, 1.82) is 0 Å². The van der Waals surface area contributed by atoms with Crippen LogP contribution >= 0.6 is 23.2 Å². The third-order valence-electron chi connectivity index (χ3n) is 4.00. The molecule has 1 aromatic heterocycles. The highest BCUT2D eigenvalue weighted by molar-refractivity contribution is 6.33. The maximum atomic E-state index is 12.2. The smallest absolute Gasteiger partial charge is 0.410 e. The van der Waals surface area contributed by atoms with E-state index in [0.29, 0.717) is 29.2 Å². The Balaban J connectivity index is 1.52. The van der Waals surface area contributed by atoms with Gasteiger partial charge in [0.25, 0.3) is 0 Å². The van der Waals surface area contributed by atoms with Crippen LogP contribution in [-0.4, -0.2) is 34.1 Å². The van der Waals surface area contributed by atoms with Crippen LogP contribution < -0.4 is 0 Å². The molecule has 0 spiro atoms. The van der Waals surface area contributed by atoms with Gasteiger partial charge in [-0.15, -0.1) is 0 Å². The monoisotopic (exact) mass is 365 g/mol. The molecule has 1 aliphatic rings. The number of aromatic nitrogens is 2. The Hall–Kier alpha value is -1.85. The van der Waals surface area contributed by atoms with Gasteiger partial charge in [-0.3, -0.25) is 0 Å². The number of carbonyl (C=O) groups is 1. The topological polar surface area (TPSA) is 55.3 Å². The largest absolute Gasteiger partial charge is 0.445 e. The zero-order chi connectivity index (χ0) is 16.9. The number of benzene rings is 1. The molecule has 0 N–H and O–H groups in total. The lowest BCUT2D eigenvalue weighted by atomic mass is 9.96. The average Bonchev–Trinajstić information content (AvgIpc) is 2.60. The molecule has 2 aromatic rings. The molecular weight excluding hydrogens is 349 g/mol. The van der Waals surface area contributed by atoms with Gasteiger partial charge in [0.1, 0.15) is 22.7 Å². The van der Waals surface area contributed by atoms with Crippen LogP contribution in [0, 0.1) is 0 Å². The van der Waals surface area contributed by atoms with E-state index >= 15 is 0 Å². The first kappa shape index (κ1) is 17.0. The standard InChI is InChI=1S/C17H17Cl2N3O2/c18-14-10-15(19)21-16(20-14)13-6-8-22(9-7-13)17(23)24-11-12-4-2-1-3-5-12/h1-5,10,13H,6-9,11H2. The Kier molecular flexibility index (Phi) is 5.53. The van der Waals surface area contributed by atoms with E-state index < -0.39 is 0 Å². The Bertz CT molecular complexity index is 684. The van der Waals surface area contributed by atoms with Crippen LogP contribution in [0.2, 0.25) is 10.3 Å². The Morgan fingerprint density at radius 3 is 2.38 bits per heavy atom. The summed E-state index contributed by atoms with van der Waals surface area (Å²) >= 11 is 11.9. The fourth-order valence-electron chi connectivity index (χ4n) is 2.72. The van der Waals surface area contributed by atoms with E-state index in [0.717, 1.165) is 18.4 Å². The van der Waals surface area contributed by atoms with Gasteiger partial charge >= 0.3 is 6.09 Å². The molecule has 0 unspecified atom stereocenters. The van der Waals surface area contributed by atoms with Crippen molar-refractivity contribution in [3.05, 3.63) is 58.1 Å². The highest BCUT2D eigenvalue weighted by Gasteiger charge is 2.26. The van der Waals surface area contributed by atoms with E-state index in [1.165, 1.54) is 6.07 Å². The van der Waals surface area contributed by atoms with E-state index in [2.05, 4.69) is 9.97 Å². The number of hydrogen-bond acceptors (Lipinski definition) is 4. The van der Waals surface area contributed by atoms with Crippen molar-refractivity contribution in [2.45, 2.75) is 25.4 Å². The number of piperidine rings is 1. The SMILES string of the molecule is O=C(OCc1ccccc1)N1CCC(c2nc(Cl)cc(Cl)n2)CC1. The first-order valence-corrected chi connectivity index (χ1v) is 8.53. The second-order valence-corrected chi connectivity index (χ2v) is 6.45. The minimum Gasteiger partial charge on any atom is -0.445 e. The van der Waals surface area contributed by atoms with Crippen molar-refractivity contribution < 1.29 is 9.53 Å². The lowest BCUT2D eigenvalue weighted by molar-refractivity contribution is 0.0866. The van der Waals surface area contributed by atoms with E-state index in [1.54, 1.807) is 4.90 Å². The summed E-state index contributed by atoms with van der Waals surface area (Å²) in [6, 6.07) is 11.2. The van der Waals surface area contributed by atoms with E-state index in [-0.39, 0.29) is 18.6 Å². The number of hydrogen-bond donors (Lipinski definition) is 0. The predicted octanol–water partition coefficient (Wildman–Crippen LogP) is 4.30. The maximum absolute atomic E-state index is 12.2. The molecule has 1 fully saturated rings. The highest BCUT2D eigenvalue weighted by atomic mass is 35.5. The van der Waals surface area contributed by atoms with E-state index in [4.69, 9.17) is 27.9 Å². The number of likely N-dealkylation sites (tertiary alicyclic amines) is 1. The van der Waals surface area contributed by atoms with Crippen molar-refractivity contribution in [3.8, 4) is 0 Å². The van der Waals surface area contributed by atoms with Gasteiger partial charge in [0.15, 0.2) is 0 Å². The molecule has 126 valence electrons. The molecule has 0 bridgehead atoms. The van der Waals surface area contributed by atoms with Crippen LogP contribution in [0.4, 0.5) is 4.79 Å².